The largest absolute Gasteiger partial charge is 0.355 e. The van der Waals surface area contributed by atoms with Gasteiger partial charge in [-0.05, 0) is 57.9 Å². The van der Waals surface area contributed by atoms with E-state index in [4.69, 9.17) is 0 Å². The smallest absolute Gasteiger partial charge is 0.196 e. The number of aromatic amines is 1. The van der Waals surface area contributed by atoms with Crippen LogP contribution in [0.1, 0.15) is 64.0 Å². The average Bonchev–Trinajstić information content (AvgIpc) is 2.88. The highest BCUT2D eigenvalue weighted by Crippen LogP contribution is 2.21. The van der Waals surface area contributed by atoms with E-state index in [0.29, 0.717) is 17.8 Å². The van der Waals surface area contributed by atoms with Crippen LogP contribution in [0.4, 0.5) is 0 Å². The molecule has 0 saturated carbocycles. The zero-order valence-corrected chi connectivity index (χ0v) is 16.1. The molecule has 1 heterocycles. The minimum atomic E-state index is -0.276. The molecule has 0 spiro atoms. The Morgan fingerprint density at radius 2 is 1.68 bits per heavy atom. The molecule has 1 atom stereocenters. The number of ketones is 2. The molecule has 0 unspecified atom stereocenters. The molecule has 0 fully saturated rings. The van der Waals surface area contributed by atoms with Gasteiger partial charge in [-0.15, -0.1) is 0 Å². The van der Waals surface area contributed by atoms with Gasteiger partial charge in [-0.2, -0.15) is 0 Å². The van der Waals surface area contributed by atoms with Crippen LogP contribution in [0.25, 0.3) is 0 Å². The molecule has 1 N–H and O–H groups in total. The maximum absolute atomic E-state index is 12.9. The van der Waals surface area contributed by atoms with Crippen LogP contribution >= 0.6 is 0 Å². The van der Waals surface area contributed by atoms with Crippen molar-refractivity contribution >= 4 is 11.6 Å². The molecule has 0 saturated heterocycles. The minimum Gasteiger partial charge on any atom is -0.355 e. The van der Waals surface area contributed by atoms with Gasteiger partial charge in [-0.1, -0.05) is 31.2 Å². The van der Waals surface area contributed by atoms with E-state index in [9.17, 15) is 9.59 Å². The second-order valence-corrected chi connectivity index (χ2v) is 6.81. The van der Waals surface area contributed by atoms with Crippen molar-refractivity contribution in [2.75, 3.05) is 7.05 Å². The Bertz CT molecular complexity index is 772. The van der Waals surface area contributed by atoms with Crippen molar-refractivity contribution in [2.45, 2.75) is 53.6 Å². The molecule has 4 nitrogen and oxygen atoms in total. The highest BCUT2D eigenvalue weighted by molar-refractivity contribution is 6.05. The highest BCUT2D eigenvalue weighted by atomic mass is 16.1. The van der Waals surface area contributed by atoms with E-state index in [-0.39, 0.29) is 17.6 Å². The molecule has 134 valence electrons. The molecule has 2 aromatic rings. The first-order valence-electron chi connectivity index (χ1n) is 8.78. The minimum absolute atomic E-state index is 0.0117. The maximum atomic E-state index is 12.9. The number of Topliss-reactive ketones (excluding diaryl/α,β-unsaturated/α-hetero) is 2. The number of likely N-dealkylation sites (N-methyl/N-ethyl adjacent to an activating group) is 1. The Kier molecular flexibility index (Phi) is 5.96. The molecule has 1 aromatic carbocycles. The fraction of sp³-hybridized carbons (Fsp3) is 0.429. The van der Waals surface area contributed by atoms with Crippen molar-refractivity contribution in [2.24, 2.45) is 0 Å². The topological polar surface area (TPSA) is 53.2 Å². The predicted octanol–water partition coefficient (Wildman–Crippen LogP) is 4.10. The fourth-order valence-electron chi connectivity index (χ4n) is 3.24. The van der Waals surface area contributed by atoms with Crippen LogP contribution in [0.15, 0.2) is 24.3 Å². The summed E-state index contributed by atoms with van der Waals surface area (Å²) in [6, 6.07) is 8.22. The van der Waals surface area contributed by atoms with Crippen LogP contribution in [0.3, 0.4) is 0 Å². The van der Waals surface area contributed by atoms with E-state index in [1.807, 2.05) is 32.7 Å². The predicted molar refractivity (Wildman–Crippen MR) is 101 cm³/mol. The second kappa shape index (κ2) is 7.79. The number of carbonyl (C=O) groups is 2. The SMILES string of the molecule is CCc1ccc(CN(C)[C@H](C)C(=O)c2[nH]c(C)c(C(C)=O)c2C)cc1. The lowest BCUT2D eigenvalue weighted by atomic mass is 10.0. The molecule has 0 aliphatic heterocycles. The quantitative estimate of drug-likeness (QED) is 0.772. The first-order valence-corrected chi connectivity index (χ1v) is 8.78. The highest BCUT2D eigenvalue weighted by Gasteiger charge is 2.25. The van der Waals surface area contributed by atoms with Gasteiger partial charge in [0.15, 0.2) is 11.6 Å². The first kappa shape index (κ1) is 19.1. The number of hydrogen-bond acceptors (Lipinski definition) is 3. The van der Waals surface area contributed by atoms with Crippen molar-refractivity contribution in [1.82, 2.24) is 9.88 Å². The Morgan fingerprint density at radius 1 is 1.12 bits per heavy atom. The molecule has 0 bridgehead atoms. The molecule has 25 heavy (non-hydrogen) atoms. The number of aryl methyl sites for hydroxylation is 2. The summed E-state index contributed by atoms with van der Waals surface area (Å²) in [6.07, 6.45) is 1.02. The van der Waals surface area contributed by atoms with Crippen molar-refractivity contribution in [1.29, 1.82) is 0 Å². The maximum Gasteiger partial charge on any atom is 0.196 e. The number of carbonyl (C=O) groups excluding carboxylic acids is 2. The molecule has 2 rings (SSSR count). The number of nitrogens with one attached hydrogen (secondary N) is 1. The summed E-state index contributed by atoms with van der Waals surface area (Å²) in [5, 5.41) is 0. The fourth-order valence-corrected chi connectivity index (χ4v) is 3.24. The third-order valence-electron chi connectivity index (χ3n) is 4.94. The van der Waals surface area contributed by atoms with E-state index >= 15 is 0 Å². The normalized spacial score (nSPS) is 12.4. The molecular weight excluding hydrogens is 312 g/mol. The molecule has 0 aliphatic rings. The van der Waals surface area contributed by atoms with Gasteiger partial charge >= 0.3 is 0 Å². The number of nitrogens with zero attached hydrogens (tertiary/aromatic N) is 1. The van der Waals surface area contributed by atoms with Gasteiger partial charge in [-0.3, -0.25) is 14.5 Å². The monoisotopic (exact) mass is 340 g/mol. The third-order valence-corrected chi connectivity index (χ3v) is 4.94. The lowest BCUT2D eigenvalue weighted by Gasteiger charge is -2.23. The van der Waals surface area contributed by atoms with E-state index in [1.165, 1.54) is 18.1 Å². The van der Waals surface area contributed by atoms with Crippen LogP contribution in [-0.2, 0) is 13.0 Å². The van der Waals surface area contributed by atoms with Crippen molar-refractivity contribution < 1.29 is 9.59 Å². The van der Waals surface area contributed by atoms with Gasteiger partial charge in [0.2, 0.25) is 0 Å². The summed E-state index contributed by atoms with van der Waals surface area (Å²) in [5.74, 6) is 0.00287. The summed E-state index contributed by atoms with van der Waals surface area (Å²) >= 11 is 0. The Hall–Kier alpha value is -2.20. The van der Waals surface area contributed by atoms with Crippen LogP contribution in [0.2, 0.25) is 0 Å². The van der Waals surface area contributed by atoms with Crippen LogP contribution in [-0.4, -0.2) is 34.5 Å². The molecular formula is C21H28N2O2. The first-order chi connectivity index (χ1) is 11.8. The van der Waals surface area contributed by atoms with Crippen molar-refractivity contribution in [3.8, 4) is 0 Å². The number of hydrogen-bond donors (Lipinski definition) is 1. The summed E-state index contributed by atoms with van der Waals surface area (Å²) < 4.78 is 0. The molecule has 0 aliphatic carbocycles. The lowest BCUT2D eigenvalue weighted by Crippen LogP contribution is -2.36. The van der Waals surface area contributed by atoms with Crippen LogP contribution in [0.5, 0.6) is 0 Å². The van der Waals surface area contributed by atoms with Crippen LogP contribution < -0.4 is 0 Å². The lowest BCUT2D eigenvalue weighted by molar-refractivity contribution is 0.0856. The summed E-state index contributed by atoms with van der Waals surface area (Å²) in [6.45, 7) is 9.96. The van der Waals surface area contributed by atoms with Crippen LogP contribution in [0, 0.1) is 13.8 Å². The summed E-state index contributed by atoms with van der Waals surface area (Å²) in [7, 11) is 1.95. The standard InChI is InChI=1S/C21H28N2O2/c1-7-17-8-10-18(11-9-17)12-23(6)15(4)21(25)20-13(2)19(16(5)24)14(3)22-20/h8-11,15,22H,7,12H2,1-6H3/t15-/m1/s1. The molecule has 1 aromatic heterocycles. The zero-order chi connectivity index (χ0) is 18.7. The molecule has 4 heteroatoms. The number of benzene rings is 1. The van der Waals surface area contributed by atoms with Gasteiger partial charge in [0.1, 0.15) is 0 Å². The third kappa shape index (κ3) is 4.07. The van der Waals surface area contributed by atoms with Gasteiger partial charge in [0, 0.05) is 17.8 Å². The van der Waals surface area contributed by atoms with E-state index in [2.05, 4.69) is 36.2 Å². The Balaban J connectivity index is 2.15. The summed E-state index contributed by atoms with van der Waals surface area (Å²) in [4.78, 5) is 29.8. The van der Waals surface area contributed by atoms with Gasteiger partial charge in [0.05, 0.1) is 11.7 Å². The molecule has 0 amide bonds. The number of H-pyrrole nitrogens is 1. The van der Waals surface area contributed by atoms with Gasteiger partial charge < -0.3 is 4.98 Å². The average molecular weight is 340 g/mol. The zero-order valence-electron chi connectivity index (χ0n) is 16.1. The van der Waals surface area contributed by atoms with E-state index < -0.39 is 0 Å². The second-order valence-electron chi connectivity index (χ2n) is 6.81. The number of rotatable bonds is 7. The Morgan fingerprint density at radius 3 is 2.16 bits per heavy atom. The van der Waals surface area contributed by atoms with Gasteiger partial charge in [-0.25, -0.2) is 0 Å². The van der Waals surface area contributed by atoms with Crippen molar-refractivity contribution in [3.63, 3.8) is 0 Å². The molecule has 0 radical (unpaired) electrons. The van der Waals surface area contributed by atoms with E-state index in [1.54, 1.807) is 0 Å². The van der Waals surface area contributed by atoms with E-state index in [0.717, 1.165) is 17.7 Å². The Labute approximate surface area is 150 Å². The van der Waals surface area contributed by atoms with Gasteiger partial charge in [0.25, 0.3) is 0 Å². The number of aromatic nitrogens is 1. The van der Waals surface area contributed by atoms with Crippen molar-refractivity contribution in [3.05, 3.63) is 57.9 Å². The summed E-state index contributed by atoms with van der Waals surface area (Å²) in [5.41, 5.74) is 5.19.